The predicted octanol–water partition coefficient (Wildman–Crippen LogP) is 4.90. The highest BCUT2D eigenvalue weighted by Gasteiger charge is 2.44. The molecular formula is C25H24Cl2N2O2P+. The van der Waals surface area contributed by atoms with Crippen molar-refractivity contribution in [2.45, 2.75) is 13.5 Å². The Hall–Kier alpha value is -2.65. The van der Waals surface area contributed by atoms with Crippen molar-refractivity contribution in [2.75, 3.05) is 7.11 Å². The van der Waals surface area contributed by atoms with Crippen LogP contribution >= 0.6 is 30.3 Å². The van der Waals surface area contributed by atoms with Crippen molar-refractivity contribution in [3.05, 3.63) is 108 Å². The highest BCUT2D eigenvalue weighted by atomic mass is 35.7. The number of methoxy groups -OCH3 is 1. The lowest BCUT2D eigenvalue weighted by Gasteiger charge is -2.19. The number of imidazole rings is 1. The molecule has 0 unspecified atom stereocenters. The third kappa shape index (κ3) is 4.59. The Morgan fingerprint density at radius 3 is 1.91 bits per heavy atom. The summed E-state index contributed by atoms with van der Waals surface area (Å²) in [6, 6.07) is 28.8. The molecule has 4 aromatic rings. The van der Waals surface area contributed by atoms with E-state index in [4.69, 9.17) is 16.0 Å². The molecule has 0 aliphatic carbocycles. The van der Waals surface area contributed by atoms with Crippen molar-refractivity contribution in [3.8, 4) is 0 Å². The predicted molar refractivity (Wildman–Crippen MR) is 136 cm³/mol. The van der Waals surface area contributed by atoms with Crippen molar-refractivity contribution < 1.29 is 9.53 Å². The van der Waals surface area contributed by atoms with Gasteiger partial charge in [-0.15, -0.1) is 12.4 Å². The third-order valence-corrected chi connectivity index (χ3v) is 10.1. The highest BCUT2D eigenvalue weighted by molar-refractivity contribution is 8.14. The molecule has 0 spiro atoms. The summed E-state index contributed by atoms with van der Waals surface area (Å²) in [4.78, 5) is 16.2. The van der Waals surface area contributed by atoms with Gasteiger partial charge in [-0.05, 0) is 48.9 Å². The quantitative estimate of drug-likeness (QED) is 0.288. The number of hydrogen-bond donors (Lipinski definition) is 0. The molecule has 1 aromatic heterocycles. The zero-order valence-corrected chi connectivity index (χ0v) is 20.3. The molecule has 7 heteroatoms. The monoisotopic (exact) mass is 485 g/mol. The molecule has 0 fully saturated rings. The average Bonchev–Trinajstić information content (AvgIpc) is 3.19. The van der Waals surface area contributed by atoms with E-state index in [1.54, 1.807) is 6.20 Å². The van der Waals surface area contributed by atoms with E-state index in [2.05, 4.69) is 53.5 Å². The first-order valence-corrected chi connectivity index (χ1v) is 12.6. The Kier molecular flexibility index (Phi) is 7.73. The summed E-state index contributed by atoms with van der Waals surface area (Å²) < 4.78 is 6.71. The second-order valence-corrected chi connectivity index (χ2v) is 11.5. The van der Waals surface area contributed by atoms with Gasteiger partial charge in [0, 0.05) is 18.4 Å². The number of aryl methyl sites for hydroxylation is 1. The molecule has 4 nitrogen and oxygen atoms in total. The van der Waals surface area contributed by atoms with E-state index in [0.29, 0.717) is 12.4 Å². The maximum atomic E-state index is 12.0. The van der Waals surface area contributed by atoms with Crippen LogP contribution in [0.5, 0.6) is 0 Å². The number of hydrogen-bond acceptors (Lipinski definition) is 3. The van der Waals surface area contributed by atoms with Gasteiger partial charge in [-0.3, -0.25) is 0 Å². The molecule has 0 N–H and O–H groups in total. The van der Waals surface area contributed by atoms with Crippen LogP contribution in [0.15, 0.2) is 91.1 Å². The maximum Gasteiger partial charge on any atom is 0.374 e. The van der Waals surface area contributed by atoms with Crippen LogP contribution in [0.4, 0.5) is 0 Å². The van der Waals surface area contributed by atoms with Crippen LogP contribution in [0.25, 0.3) is 0 Å². The standard InChI is InChI=1S/C25H23ClN2O2P.ClH/c1-19-17-27-24(25(29)30-2)28(19)18-20-13-15-23(16-14-20)31(26,21-9-5-3-6-10-21)22-11-7-4-8-12-22;/h3-17H,18H2,1-2H3;1H/q+1;. The fourth-order valence-electron chi connectivity index (χ4n) is 3.62. The van der Waals surface area contributed by atoms with Crippen LogP contribution in [0.1, 0.15) is 21.9 Å². The van der Waals surface area contributed by atoms with Gasteiger partial charge in [0.25, 0.3) is 0 Å². The molecule has 1 heterocycles. The van der Waals surface area contributed by atoms with E-state index < -0.39 is 12.6 Å². The van der Waals surface area contributed by atoms with Gasteiger partial charge >= 0.3 is 5.97 Å². The first-order valence-electron chi connectivity index (χ1n) is 9.94. The van der Waals surface area contributed by atoms with E-state index in [0.717, 1.165) is 27.2 Å². The van der Waals surface area contributed by atoms with Crippen LogP contribution in [0.3, 0.4) is 0 Å². The number of carbonyl (C=O) groups excluding carboxylic acids is 1. The van der Waals surface area contributed by atoms with E-state index in [1.807, 2.05) is 47.9 Å². The Morgan fingerprint density at radius 1 is 0.906 bits per heavy atom. The minimum absolute atomic E-state index is 0. The molecule has 0 aliphatic rings. The number of aromatic nitrogens is 2. The Morgan fingerprint density at radius 2 is 1.41 bits per heavy atom. The summed E-state index contributed by atoms with van der Waals surface area (Å²) >= 11 is 7.46. The van der Waals surface area contributed by atoms with Gasteiger partial charge in [0.2, 0.25) is 12.4 Å². The zero-order valence-electron chi connectivity index (χ0n) is 17.8. The van der Waals surface area contributed by atoms with Crippen molar-refractivity contribution in [2.24, 2.45) is 0 Å². The molecule has 0 atom stereocenters. The van der Waals surface area contributed by atoms with Gasteiger partial charge in [-0.1, -0.05) is 48.5 Å². The molecular weight excluding hydrogens is 462 g/mol. The van der Waals surface area contributed by atoms with Crippen LogP contribution in [-0.2, 0) is 11.3 Å². The summed E-state index contributed by atoms with van der Waals surface area (Å²) in [6.45, 7) is 0.176. The molecule has 0 saturated heterocycles. The van der Waals surface area contributed by atoms with E-state index in [1.165, 1.54) is 7.11 Å². The van der Waals surface area contributed by atoms with Gasteiger partial charge < -0.3 is 9.30 Å². The lowest BCUT2D eigenvalue weighted by Crippen LogP contribution is -2.27. The summed E-state index contributed by atoms with van der Waals surface area (Å²) in [7, 11) is 1.36. The Labute approximate surface area is 199 Å². The topological polar surface area (TPSA) is 44.1 Å². The number of ether oxygens (including phenoxy) is 1. The van der Waals surface area contributed by atoms with Crippen molar-refractivity contribution in [1.29, 1.82) is 0 Å². The van der Waals surface area contributed by atoms with Crippen molar-refractivity contribution >= 4 is 52.1 Å². The normalized spacial score (nSPS) is 11.0. The summed E-state index contributed by atoms with van der Waals surface area (Å²) in [5.74, 6) is -0.139. The number of esters is 1. The molecule has 3 aromatic carbocycles. The van der Waals surface area contributed by atoms with Crippen LogP contribution < -0.4 is 15.9 Å². The minimum atomic E-state index is -2.28. The van der Waals surface area contributed by atoms with E-state index >= 15 is 0 Å². The van der Waals surface area contributed by atoms with Gasteiger partial charge in [-0.25, -0.2) is 9.78 Å². The number of benzene rings is 3. The van der Waals surface area contributed by atoms with E-state index in [-0.39, 0.29) is 12.4 Å². The second-order valence-electron chi connectivity index (χ2n) is 7.23. The fraction of sp³-hybridized carbons (Fsp3) is 0.120. The summed E-state index contributed by atoms with van der Waals surface area (Å²) in [5, 5.41) is 3.33. The minimum Gasteiger partial charge on any atom is -0.463 e. The number of halogens is 2. The molecule has 164 valence electrons. The number of rotatable bonds is 6. The molecule has 0 radical (unpaired) electrons. The summed E-state index contributed by atoms with van der Waals surface area (Å²) in [6.07, 6.45) is 1.68. The maximum absolute atomic E-state index is 12.0. The van der Waals surface area contributed by atoms with Crippen molar-refractivity contribution in [1.82, 2.24) is 9.55 Å². The smallest absolute Gasteiger partial charge is 0.374 e. The SMILES string of the molecule is COC(=O)c1ncc(C)n1Cc1ccc([P+](Cl)(c2ccccc2)c2ccccc2)cc1.Cl. The van der Waals surface area contributed by atoms with Crippen LogP contribution in [-0.4, -0.2) is 22.6 Å². The van der Waals surface area contributed by atoms with Gasteiger partial charge in [0.1, 0.15) is 27.2 Å². The molecule has 0 aliphatic heterocycles. The molecule has 4 rings (SSSR count). The number of nitrogens with zero attached hydrogens (tertiary/aromatic N) is 2. The molecule has 0 amide bonds. The molecule has 32 heavy (non-hydrogen) atoms. The number of carbonyl (C=O) groups is 1. The van der Waals surface area contributed by atoms with Gasteiger partial charge in [0.05, 0.1) is 7.11 Å². The summed E-state index contributed by atoms with van der Waals surface area (Å²) in [5.41, 5.74) is 1.96. The first-order chi connectivity index (χ1) is 15.0. The largest absolute Gasteiger partial charge is 0.463 e. The van der Waals surface area contributed by atoms with E-state index in [9.17, 15) is 4.79 Å². The molecule has 0 saturated carbocycles. The van der Waals surface area contributed by atoms with Crippen molar-refractivity contribution in [3.63, 3.8) is 0 Å². The average molecular weight is 486 g/mol. The van der Waals surface area contributed by atoms with Crippen LogP contribution in [0, 0.1) is 6.92 Å². The lowest BCUT2D eigenvalue weighted by molar-refractivity contribution is 0.0581. The van der Waals surface area contributed by atoms with Gasteiger partial charge in [0.15, 0.2) is 0 Å². The zero-order chi connectivity index (χ0) is 21.8. The van der Waals surface area contributed by atoms with Gasteiger partial charge in [-0.2, -0.15) is 0 Å². The second kappa shape index (κ2) is 10.3. The highest BCUT2D eigenvalue weighted by Crippen LogP contribution is 2.60. The fourth-order valence-corrected chi connectivity index (χ4v) is 7.25. The lowest BCUT2D eigenvalue weighted by atomic mass is 10.2. The Balaban J connectivity index is 0.00000289. The Bertz CT molecular complexity index is 1140. The van der Waals surface area contributed by atoms with Crippen LogP contribution in [0.2, 0.25) is 0 Å². The first kappa shape index (κ1) is 24.0. The molecule has 0 bridgehead atoms. The third-order valence-electron chi connectivity index (χ3n) is 5.28.